The normalized spacial score (nSPS) is 10.3. The summed E-state index contributed by atoms with van der Waals surface area (Å²) in [4.78, 5) is 23.3. The van der Waals surface area contributed by atoms with E-state index in [-0.39, 0.29) is 12.1 Å². The van der Waals surface area contributed by atoms with E-state index in [4.69, 9.17) is 5.11 Å². The molecule has 0 saturated heterocycles. The molecule has 0 aliphatic rings. The van der Waals surface area contributed by atoms with E-state index in [2.05, 4.69) is 13.5 Å². The lowest BCUT2D eigenvalue weighted by Crippen LogP contribution is -2.27. The van der Waals surface area contributed by atoms with E-state index >= 15 is 0 Å². The maximum Gasteiger partial charge on any atom is 0.341 e. The van der Waals surface area contributed by atoms with Crippen molar-refractivity contribution in [1.82, 2.24) is 4.57 Å². The molecule has 108 valence electrons. The minimum atomic E-state index is -1.22. The number of rotatable bonds is 5. The summed E-state index contributed by atoms with van der Waals surface area (Å²) in [5.41, 5.74) is 2.03. The maximum atomic E-state index is 12.3. The second-order valence-electron chi connectivity index (χ2n) is 4.69. The summed E-state index contributed by atoms with van der Waals surface area (Å²) < 4.78 is 1.43. The highest BCUT2D eigenvalue weighted by atomic mass is 16.4. The number of aromatic carboxylic acids is 1. The quantitative estimate of drug-likeness (QED) is 0.858. The van der Waals surface area contributed by atoms with E-state index in [1.807, 2.05) is 24.3 Å². The molecule has 2 rings (SSSR count). The molecule has 2 aromatic rings. The van der Waals surface area contributed by atoms with Crippen LogP contribution in [0.1, 0.15) is 22.8 Å². The Morgan fingerprint density at radius 3 is 2.43 bits per heavy atom. The number of nitrogens with zero attached hydrogens (tertiary/aromatic N) is 1. The topological polar surface area (TPSA) is 59.3 Å². The molecule has 21 heavy (non-hydrogen) atoms. The molecule has 0 aliphatic heterocycles. The third kappa shape index (κ3) is 2.94. The smallest absolute Gasteiger partial charge is 0.341 e. The summed E-state index contributed by atoms with van der Waals surface area (Å²) in [6.45, 7) is 5.97. The van der Waals surface area contributed by atoms with Crippen LogP contribution in [0, 0.1) is 0 Å². The van der Waals surface area contributed by atoms with Gasteiger partial charge >= 0.3 is 5.97 Å². The number of hydrogen-bond acceptors (Lipinski definition) is 2. The molecule has 0 amide bonds. The van der Waals surface area contributed by atoms with Crippen molar-refractivity contribution in [2.75, 3.05) is 0 Å². The van der Waals surface area contributed by atoms with Crippen molar-refractivity contribution >= 4 is 5.97 Å². The molecular formula is C17H17NO3. The predicted molar refractivity (Wildman–Crippen MR) is 82.7 cm³/mol. The van der Waals surface area contributed by atoms with Crippen LogP contribution in [0.2, 0.25) is 0 Å². The van der Waals surface area contributed by atoms with Crippen molar-refractivity contribution in [2.45, 2.75) is 19.9 Å². The first-order valence-electron chi connectivity index (χ1n) is 6.75. The van der Waals surface area contributed by atoms with Crippen LogP contribution in [0.5, 0.6) is 0 Å². The van der Waals surface area contributed by atoms with Crippen molar-refractivity contribution in [3.63, 3.8) is 0 Å². The minimum absolute atomic E-state index is 0.231. The van der Waals surface area contributed by atoms with Gasteiger partial charge in [-0.2, -0.15) is 0 Å². The van der Waals surface area contributed by atoms with Gasteiger partial charge in [-0.05, 0) is 29.7 Å². The van der Waals surface area contributed by atoms with Crippen molar-refractivity contribution in [1.29, 1.82) is 0 Å². The molecule has 0 atom stereocenters. The zero-order chi connectivity index (χ0) is 15.4. The molecule has 1 heterocycles. The first kappa shape index (κ1) is 14.8. The molecule has 1 aromatic heterocycles. The van der Waals surface area contributed by atoms with Crippen LogP contribution in [0.15, 0.2) is 53.8 Å². The van der Waals surface area contributed by atoms with E-state index in [1.165, 1.54) is 16.2 Å². The number of hydrogen-bond donors (Lipinski definition) is 1. The molecule has 0 spiro atoms. The third-order valence-electron chi connectivity index (χ3n) is 3.37. The first-order chi connectivity index (χ1) is 10.1. The van der Waals surface area contributed by atoms with Crippen LogP contribution in [0.4, 0.5) is 0 Å². The largest absolute Gasteiger partial charge is 0.477 e. The summed E-state index contributed by atoms with van der Waals surface area (Å²) in [7, 11) is 0. The molecule has 1 aromatic carbocycles. The van der Waals surface area contributed by atoms with Gasteiger partial charge in [-0.3, -0.25) is 4.79 Å². The molecule has 4 heteroatoms. The summed E-state index contributed by atoms with van der Waals surface area (Å²) in [6, 6.07) is 10.9. The van der Waals surface area contributed by atoms with E-state index in [0.29, 0.717) is 5.69 Å². The molecule has 0 bridgehead atoms. The third-order valence-corrected chi connectivity index (χ3v) is 3.37. The second kappa shape index (κ2) is 6.22. The molecule has 0 unspecified atom stereocenters. The van der Waals surface area contributed by atoms with Crippen LogP contribution in [-0.4, -0.2) is 15.6 Å². The fourth-order valence-corrected chi connectivity index (χ4v) is 2.21. The lowest BCUT2D eigenvalue weighted by Gasteiger charge is -2.12. The molecule has 0 radical (unpaired) electrons. The zero-order valence-electron chi connectivity index (χ0n) is 11.9. The second-order valence-corrected chi connectivity index (χ2v) is 4.69. The Balaban J connectivity index is 2.61. The molecular weight excluding hydrogens is 266 g/mol. The summed E-state index contributed by atoms with van der Waals surface area (Å²) >= 11 is 0. The van der Waals surface area contributed by atoms with Gasteiger partial charge in [0.2, 0.25) is 0 Å². The van der Waals surface area contributed by atoms with Crippen LogP contribution < -0.4 is 5.56 Å². The minimum Gasteiger partial charge on any atom is -0.477 e. The van der Waals surface area contributed by atoms with E-state index in [0.717, 1.165) is 12.0 Å². The predicted octanol–water partition coefficient (Wildman–Crippen LogP) is 2.96. The van der Waals surface area contributed by atoms with Crippen LogP contribution in [0.25, 0.3) is 11.3 Å². The SMILES string of the molecule is C=CCn1c(-c2ccc(CC)cc2)ccc(C(=O)O)c1=O. The molecule has 0 aliphatic carbocycles. The summed E-state index contributed by atoms with van der Waals surface area (Å²) in [5.74, 6) is -1.22. The fourth-order valence-electron chi connectivity index (χ4n) is 2.21. The Morgan fingerprint density at radius 1 is 1.24 bits per heavy atom. The number of benzene rings is 1. The number of carboxylic acids is 1. The summed E-state index contributed by atoms with van der Waals surface area (Å²) in [5, 5.41) is 9.05. The molecule has 0 fully saturated rings. The lowest BCUT2D eigenvalue weighted by atomic mass is 10.1. The Bertz CT molecular complexity index is 727. The molecule has 4 nitrogen and oxygen atoms in total. The van der Waals surface area contributed by atoms with Gasteiger partial charge in [0.15, 0.2) is 0 Å². The van der Waals surface area contributed by atoms with E-state index in [1.54, 1.807) is 12.1 Å². The monoisotopic (exact) mass is 283 g/mol. The number of aromatic nitrogens is 1. The average Bonchev–Trinajstić information content (AvgIpc) is 2.49. The summed E-state index contributed by atoms with van der Waals surface area (Å²) in [6.07, 6.45) is 2.52. The van der Waals surface area contributed by atoms with Gasteiger partial charge in [0.25, 0.3) is 5.56 Å². The van der Waals surface area contributed by atoms with Crippen molar-refractivity contribution in [3.8, 4) is 11.3 Å². The van der Waals surface area contributed by atoms with Crippen molar-refractivity contribution in [3.05, 3.63) is 70.5 Å². The van der Waals surface area contributed by atoms with Crippen molar-refractivity contribution in [2.24, 2.45) is 0 Å². The zero-order valence-corrected chi connectivity index (χ0v) is 11.9. The highest BCUT2D eigenvalue weighted by molar-refractivity contribution is 5.87. The first-order valence-corrected chi connectivity index (χ1v) is 6.75. The van der Waals surface area contributed by atoms with Gasteiger partial charge in [-0.1, -0.05) is 37.3 Å². The Hall–Kier alpha value is -2.62. The van der Waals surface area contributed by atoms with Gasteiger partial charge in [0, 0.05) is 6.54 Å². The van der Waals surface area contributed by atoms with Gasteiger partial charge in [-0.25, -0.2) is 4.79 Å². The van der Waals surface area contributed by atoms with Crippen molar-refractivity contribution < 1.29 is 9.90 Å². The number of aryl methyl sites for hydroxylation is 1. The fraction of sp³-hybridized carbons (Fsp3) is 0.176. The molecule has 1 N–H and O–H groups in total. The van der Waals surface area contributed by atoms with Crippen LogP contribution >= 0.6 is 0 Å². The maximum absolute atomic E-state index is 12.3. The average molecular weight is 283 g/mol. The Kier molecular flexibility index (Phi) is 4.38. The van der Waals surface area contributed by atoms with Crippen LogP contribution in [0.3, 0.4) is 0 Å². The standard InChI is InChI=1S/C17H17NO3/c1-3-11-18-15(10-9-14(16(18)19)17(20)21)13-7-5-12(4-2)6-8-13/h3,5-10H,1,4,11H2,2H3,(H,20,21). The van der Waals surface area contributed by atoms with Gasteiger partial charge in [0.1, 0.15) is 5.56 Å². The lowest BCUT2D eigenvalue weighted by molar-refractivity contribution is 0.0694. The number of pyridine rings is 1. The van der Waals surface area contributed by atoms with Gasteiger partial charge in [-0.15, -0.1) is 6.58 Å². The highest BCUT2D eigenvalue weighted by Gasteiger charge is 2.14. The van der Waals surface area contributed by atoms with E-state index < -0.39 is 11.5 Å². The van der Waals surface area contributed by atoms with Gasteiger partial charge < -0.3 is 9.67 Å². The number of carbonyl (C=O) groups is 1. The van der Waals surface area contributed by atoms with E-state index in [9.17, 15) is 9.59 Å². The van der Waals surface area contributed by atoms with Gasteiger partial charge in [0.05, 0.1) is 5.69 Å². The Labute approximate surface area is 123 Å². The van der Waals surface area contributed by atoms with Crippen LogP contribution in [-0.2, 0) is 13.0 Å². The number of carboxylic acid groups (broad SMARTS) is 1. The molecule has 0 saturated carbocycles. The highest BCUT2D eigenvalue weighted by Crippen LogP contribution is 2.19. The number of allylic oxidation sites excluding steroid dienone is 1. The Morgan fingerprint density at radius 2 is 1.90 bits per heavy atom.